The number of nitrogens with zero attached hydrogens (tertiary/aromatic N) is 1. The Morgan fingerprint density at radius 3 is 2.72 bits per heavy atom. The third-order valence-corrected chi connectivity index (χ3v) is 2.67. The highest BCUT2D eigenvalue weighted by Gasteiger charge is 2.02. The summed E-state index contributed by atoms with van der Waals surface area (Å²) in [4.78, 5) is 3.95. The van der Waals surface area contributed by atoms with E-state index in [0.29, 0.717) is 22.2 Å². The lowest BCUT2D eigenvalue weighted by atomic mass is 10.2. The highest BCUT2D eigenvalue weighted by atomic mass is 35.5. The van der Waals surface area contributed by atoms with Crippen molar-refractivity contribution in [1.82, 2.24) is 4.98 Å². The van der Waals surface area contributed by atoms with Crippen molar-refractivity contribution in [2.45, 2.75) is 0 Å². The van der Waals surface area contributed by atoms with Crippen molar-refractivity contribution in [2.75, 3.05) is 12.8 Å². The molecule has 0 amide bonds. The number of para-hydroxylation sites is 1. The van der Waals surface area contributed by atoms with Crippen molar-refractivity contribution in [3.8, 4) is 17.6 Å². The minimum atomic E-state index is 0.324. The van der Waals surface area contributed by atoms with E-state index in [9.17, 15) is 0 Å². The van der Waals surface area contributed by atoms with Gasteiger partial charge in [-0.2, -0.15) is 0 Å². The summed E-state index contributed by atoms with van der Waals surface area (Å²) in [5, 5.41) is 0.491. The largest absolute Gasteiger partial charge is 0.495 e. The molecule has 1 aromatic heterocycles. The highest BCUT2D eigenvalue weighted by molar-refractivity contribution is 6.32. The van der Waals surface area contributed by atoms with Crippen molar-refractivity contribution in [2.24, 2.45) is 0 Å². The Morgan fingerprint density at radius 1 is 1.22 bits per heavy atom. The molecule has 0 fully saturated rings. The van der Waals surface area contributed by atoms with Gasteiger partial charge < -0.3 is 10.5 Å². The summed E-state index contributed by atoms with van der Waals surface area (Å²) in [6.45, 7) is 0. The van der Waals surface area contributed by atoms with Crippen LogP contribution in [0.15, 0.2) is 36.5 Å². The van der Waals surface area contributed by atoms with Crippen LogP contribution < -0.4 is 10.5 Å². The maximum atomic E-state index is 6.02. The molecule has 2 aromatic rings. The summed E-state index contributed by atoms with van der Waals surface area (Å²) in [6, 6.07) is 9.14. The molecule has 4 heteroatoms. The Morgan fingerprint density at radius 2 is 2.00 bits per heavy atom. The molecule has 0 saturated carbocycles. The molecule has 0 bridgehead atoms. The van der Waals surface area contributed by atoms with Crippen molar-refractivity contribution >= 4 is 17.4 Å². The zero-order valence-electron chi connectivity index (χ0n) is 9.77. The summed E-state index contributed by atoms with van der Waals surface area (Å²) in [5.41, 5.74) is 7.04. The minimum absolute atomic E-state index is 0.324. The highest BCUT2D eigenvalue weighted by Crippen LogP contribution is 2.20. The van der Waals surface area contributed by atoms with Crippen LogP contribution in [0.3, 0.4) is 0 Å². The molecular formula is C14H11ClN2O. The molecule has 90 valence electrons. The van der Waals surface area contributed by atoms with Gasteiger partial charge in [-0.3, -0.25) is 0 Å². The molecule has 2 rings (SSSR count). The predicted octanol–water partition coefficient (Wildman–Crippen LogP) is 2.73. The van der Waals surface area contributed by atoms with E-state index >= 15 is 0 Å². The molecule has 0 spiro atoms. The number of nitrogens with two attached hydrogens (primary N) is 1. The van der Waals surface area contributed by atoms with Gasteiger partial charge in [-0.05, 0) is 18.2 Å². The van der Waals surface area contributed by atoms with Crippen LogP contribution in [0.4, 0.5) is 5.82 Å². The van der Waals surface area contributed by atoms with Gasteiger partial charge >= 0.3 is 0 Å². The molecule has 0 aliphatic rings. The Balaban J connectivity index is 2.43. The number of hydrogen-bond donors (Lipinski definition) is 1. The van der Waals surface area contributed by atoms with Gasteiger partial charge in [0, 0.05) is 6.20 Å². The summed E-state index contributed by atoms with van der Waals surface area (Å²) < 4.78 is 5.21. The zero-order valence-corrected chi connectivity index (χ0v) is 10.5. The molecular weight excluding hydrogens is 248 g/mol. The van der Waals surface area contributed by atoms with Crippen molar-refractivity contribution in [1.29, 1.82) is 0 Å². The first-order valence-corrected chi connectivity index (χ1v) is 5.65. The lowest BCUT2D eigenvalue weighted by Gasteiger charge is -2.02. The standard InChI is InChI=1S/C14H11ClN2O/c1-18-13-5-3-2-4-10(13)6-7-11-12(15)8-9-17-14(11)16/h2-5,8-9H,1H3,(H2,16,17). The molecule has 0 radical (unpaired) electrons. The first kappa shape index (κ1) is 12.3. The number of methoxy groups -OCH3 is 1. The quantitative estimate of drug-likeness (QED) is 0.800. The van der Waals surface area contributed by atoms with Crippen LogP contribution in [-0.4, -0.2) is 12.1 Å². The molecule has 1 aromatic carbocycles. The van der Waals surface area contributed by atoms with Gasteiger partial charge in [0.25, 0.3) is 0 Å². The summed E-state index contributed by atoms with van der Waals surface area (Å²) in [6.07, 6.45) is 1.55. The van der Waals surface area contributed by atoms with Gasteiger partial charge in [-0.15, -0.1) is 0 Å². The van der Waals surface area contributed by atoms with Crippen LogP contribution in [0.25, 0.3) is 0 Å². The average Bonchev–Trinajstić information content (AvgIpc) is 2.38. The number of benzene rings is 1. The Hall–Kier alpha value is -2.18. The van der Waals surface area contributed by atoms with Gasteiger partial charge in [0.1, 0.15) is 11.6 Å². The van der Waals surface area contributed by atoms with E-state index in [-0.39, 0.29) is 0 Å². The SMILES string of the molecule is COc1ccccc1C#Cc1c(Cl)ccnc1N. The van der Waals surface area contributed by atoms with E-state index in [1.165, 1.54) is 0 Å². The fourth-order valence-electron chi connectivity index (χ4n) is 1.45. The predicted molar refractivity (Wildman–Crippen MR) is 72.6 cm³/mol. The number of anilines is 1. The lowest BCUT2D eigenvalue weighted by Crippen LogP contribution is -1.94. The molecule has 2 N–H and O–H groups in total. The number of aromatic nitrogens is 1. The minimum Gasteiger partial charge on any atom is -0.495 e. The molecule has 0 atom stereocenters. The van der Waals surface area contributed by atoms with Gasteiger partial charge in [-0.1, -0.05) is 35.6 Å². The second kappa shape index (κ2) is 5.44. The maximum Gasteiger partial charge on any atom is 0.140 e. The molecule has 0 saturated heterocycles. The summed E-state index contributed by atoms with van der Waals surface area (Å²) >= 11 is 6.02. The Kier molecular flexibility index (Phi) is 3.71. The Bertz CT molecular complexity index is 609. The van der Waals surface area contributed by atoms with Gasteiger partial charge in [0.15, 0.2) is 0 Å². The smallest absolute Gasteiger partial charge is 0.140 e. The topological polar surface area (TPSA) is 48.1 Å². The molecule has 0 unspecified atom stereocenters. The number of nitrogen functional groups attached to an aromatic ring is 1. The van der Waals surface area contributed by atoms with E-state index in [4.69, 9.17) is 22.1 Å². The van der Waals surface area contributed by atoms with E-state index in [2.05, 4.69) is 16.8 Å². The van der Waals surface area contributed by atoms with Crippen molar-refractivity contribution in [3.63, 3.8) is 0 Å². The first-order valence-electron chi connectivity index (χ1n) is 5.27. The lowest BCUT2D eigenvalue weighted by molar-refractivity contribution is 0.413. The summed E-state index contributed by atoms with van der Waals surface area (Å²) in [5.74, 6) is 6.94. The third kappa shape index (κ3) is 2.55. The van der Waals surface area contributed by atoms with Crippen LogP contribution in [0.5, 0.6) is 5.75 Å². The fraction of sp³-hybridized carbons (Fsp3) is 0.0714. The zero-order chi connectivity index (χ0) is 13.0. The van der Waals surface area contributed by atoms with Crippen LogP contribution in [-0.2, 0) is 0 Å². The van der Waals surface area contributed by atoms with E-state index in [1.54, 1.807) is 19.4 Å². The first-order chi connectivity index (χ1) is 8.72. The molecule has 0 aliphatic heterocycles. The molecule has 0 aliphatic carbocycles. The fourth-order valence-corrected chi connectivity index (χ4v) is 1.66. The van der Waals surface area contributed by atoms with Crippen LogP contribution in [0.2, 0.25) is 5.02 Å². The van der Waals surface area contributed by atoms with Crippen molar-refractivity contribution < 1.29 is 4.74 Å². The second-order valence-corrected chi connectivity index (χ2v) is 3.91. The normalized spacial score (nSPS) is 9.44. The van der Waals surface area contributed by atoms with Crippen LogP contribution in [0, 0.1) is 11.8 Å². The number of ether oxygens (including phenoxy) is 1. The van der Waals surface area contributed by atoms with E-state index in [0.717, 1.165) is 5.56 Å². The second-order valence-electron chi connectivity index (χ2n) is 3.50. The number of pyridine rings is 1. The maximum absolute atomic E-state index is 6.02. The van der Waals surface area contributed by atoms with E-state index in [1.807, 2.05) is 24.3 Å². The van der Waals surface area contributed by atoms with Gasteiger partial charge in [-0.25, -0.2) is 4.98 Å². The summed E-state index contributed by atoms with van der Waals surface area (Å²) in [7, 11) is 1.60. The number of rotatable bonds is 1. The average molecular weight is 259 g/mol. The van der Waals surface area contributed by atoms with Gasteiger partial charge in [0.2, 0.25) is 0 Å². The monoisotopic (exact) mass is 258 g/mol. The van der Waals surface area contributed by atoms with Crippen LogP contribution in [0.1, 0.15) is 11.1 Å². The number of hydrogen-bond acceptors (Lipinski definition) is 3. The Labute approximate surface area is 111 Å². The van der Waals surface area contributed by atoms with Crippen molar-refractivity contribution in [3.05, 3.63) is 52.7 Å². The molecule has 1 heterocycles. The molecule has 18 heavy (non-hydrogen) atoms. The van der Waals surface area contributed by atoms with Crippen LogP contribution >= 0.6 is 11.6 Å². The van der Waals surface area contributed by atoms with E-state index < -0.39 is 0 Å². The van der Waals surface area contributed by atoms with Gasteiger partial charge in [0.05, 0.1) is 23.3 Å². The third-order valence-electron chi connectivity index (χ3n) is 2.36. The number of halogens is 1. The molecule has 3 nitrogen and oxygen atoms in total.